The highest BCUT2D eigenvalue weighted by molar-refractivity contribution is 8.24. The molecule has 2 saturated carbocycles. The van der Waals surface area contributed by atoms with Crippen molar-refractivity contribution < 1.29 is 9.90 Å². The Bertz CT molecular complexity index is 577. The zero-order valence-electron chi connectivity index (χ0n) is 17.4. The molecule has 0 unspecified atom stereocenters. The van der Waals surface area contributed by atoms with Crippen LogP contribution in [0.2, 0.25) is 0 Å². The lowest BCUT2D eigenvalue weighted by atomic mass is 9.84. The highest BCUT2D eigenvalue weighted by atomic mass is 32.2. The number of carboxylic acid groups (broad SMARTS) is 1. The Labute approximate surface area is 179 Å². The summed E-state index contributed by atoms with van der Waals surface area (Å²) in [5.41, 5.74) is 0. The number of hydrogen-bond acceptors (Lipinski definition) is 5. The molecule has 0 aliphatic heterocycles. The number of aliphatic carboxylic acids is 1. The van der Waals surface area contributed by atoms with Crippen molar-refractivity contribution in [1.82, 2.24) is 10.2 Å². The maximum absolute atomic E-state index is 10.8. The Balaban J connectivity index is 1.98. The van der Waals surface area contributed by atoms with Gasteiger partial charge in [-0.2, -0.15) is 0 Å². The fourth-order valence-electron chi connectivity index (χ4n) is 4.30. The monoisotopic (exact) mass is 424 g/mol. The van der Waals surface area contributed by atoms with Gasteiger partial charge >= 0.3 is 5.97 Å². The molecule has 2 aliphatic rings. The maximum Gasteiger partial charge on any atom is 0.313 e. The third-order valence-electron chi connectivity index (χ3n) is 5.74. The summed E-state index contributed by atoms with van der Waals surface area (Å²) in [6.45, 7) is 12.8. The molecule has 0 aromatic carbocycles. The molecule has 2 N–H and O–H groups in total. The van der Waals surface area contributed by atoms with Crippen LogP contribution in [0, 0.1) is 5.92 Å². The number of rotatable bonds is 10. The van der Waals surface area contributed by atoms with Crippen LogP contribution in [-0.4, -0.2) is 33.8 Å². The van der Waals surface area contributed by atoms with Crippen molar-refractivity contribution in [2.75, 3.05) is 5.75 Å². The highest BCUT2D eigenvalue weighted by Gasteiger charge is 2.31. The average Bonchev–Trinajstić information content (AvgIpc) is 2.67. The standard InChI is InChI=1S/C22H36N2O2S2/c1-5-22(27-15-21(25)26)28-18(4)23-17(3)24(19-9-7-6-8-10-19)20-13-11-16(2)12-14-20/h5,16,19-20,23H,3-4,6-15H2,1-2H3,(H,25,26)/b22-5-. The van der Waals surface area contributed by atoms with Crippen molar-refractivity contribution in [3.8, 4) is 0 Å². The number of carbonyl (C=O) groups is 1. The molecule has 0 spiro atoms. The van der Waals surface area contributed by atoms with Gasteiger partial charge in [-0.25, -0.2) is 0 Å². The summed E-state index contributed by atoms with van der Waals surface area (Å²) in [4.78, 5) is 13.4. The van der Waals surface area contributed by atoms with E-state index in [0.29, 0.717) is 12.1 Å². The van der Waals surface area contributed by atoms with Gasteiger partial charge in [0.1, 0.15) is 0 Å². The molecule has 0 amide bonds. The molecular weight excluding hydrogens is 388 g/mol. The molecule has 6 heteroatoms. The fourth-order valence-corrected chi connectivity index (χ4v) is 5.97. The Hall–Kier alpha value is -1.01. The summed E-state index contributed by atoms with van der Waals surface area (Å²) >= 11 is 2.82. The minimum atomic E-state index is -0.803. The third kappa shape index (κ3) is 7.43. The predicted octanol–water partition coefficient (Wildman–Crippen LogP) is 6.14. The van der Waals surface area contributed by atoms with E-state index in [1.807, 2.05) is 13.0 Å². The number of hydrogen-bond donors (Lipinski definition) is 2. The molecule has 2 aliphatic carbocycles. The SMILES string of the molecule is C=C(NC(=C)N(C1CCCCC1)C1CCC(C)CC1)S/C(=C\C)SCC(=O)O. The van der Waals surface area contributed by atoms with Crippen molar-refractivity contribution in [3.05, 3.63) is 34.3 Å². The second-order valence-corrected chi connectivity index (χ2v) is 10.4. The molecular formula is C22H36N2O2S2. The smallest absolute Gasteiger partial charge is 0.313 e. The van der Waals surface area contributed by atoms with E-state index in [2.05, 4.69) is 30.3 Å². The normalized spacial score (nSPS) is 23.9. The second kappa shape index (κ2) is 11.9. The molecule has 0 atom stereocenters. The molecule has 158 valence electrons. The van der Waals surface area contributed by atoms with Gasteiger partial charge in [0.05, 0.1) is 16.6 Å². The first-order valence-electron chi connectivity index (χ1n) is 10.5. The third-order valence-corrected chi connectivity index (χ3v) is 8.04. The molecule has 4 nitrogen and oxygen atoms in total. The summed E-state index contributed by atoms with van der Waals surface area (Å²) in [5, 5.41) is 13.1. The topological polar surface area (TPSA) is 52.6 Å². The van der Waals surface area contributed by atoms with Crippen molar-refractivity contribution >= 4 is 29.5 Å². The highest BCUT2D eigenvalue weighted by Crippen LogP contribution is 2.36. The minimum Gasteiger partial charge on any atom is -0.481 e. The van der Waals surface area contributed by atoms with Gasteiger partial charge in [0.15, 0.2) is 0 Å². The number of thioether (sulfide) groups is 2. The summed E-state index contributed by atoms with van der Waals surface area (Å²) in [6.07, 6.45) is 13.5. The Kier molecular flexibility index (Phi) is 9.86. The molecule has 0 aromatic rings. The molecule has 28 heavy (non-hydrogen) atoms. The first-order valence-corrected chi connectivity index (χ1v) is 12.3. The summed E-state index contributed by atoms with van der Waals surface area (Å²) in [5.74, 6) is 1.06. The maximum atomic E-state index is 10.8. The van der Waals surface area contributed by atoms with Gasteiger partial charge in [0, 0.05) is 16.3 Å². The average molecular weight is 425 g/mol. The van der Waals surface area contributed by atoms with Crippen LogP contribution in [0.3, 0.4) is 0 Å². The molecule has 0 radical (unpaired) electrons. The summed E-state index contributed by atoms with van der Waals surface area (Å²) in [7, 11) is 0. The first kappa shape index (κ1) is 23.3. The lowest BCUT2D eigenvalue weighted by Crippen LogP contribution is -2.47. The van der Waals surface area contributed by atoms with E-state index in [1.165, 1.54) is 81.3 Å². The van der Waals surface area contributed by atoms with Crippen molar-refractivity contribution in [2.24, 2.45) is 5.92 Å². The Morgan fingerprint density at radius 1 is 1.11 bits per heavy atom. The van der Waals surface area contributed by atoms with Gasteiger partial charge in [-0.1, -0.05) is 57.2 Å². The predicted molar refractivity (Wildman–Crippen MR) is 123 cm³/mol. The molecule has 2 rings (SSSR count). The molecule has 0 saturated heterocycles. The van der Waals surface area contributed by atoms with Crippen LogP contribution in [0.1, 0.15) is 71.6 Å². The van der Waals surface area contributed by atoms with E-state index in [0.717, 1.165) is 21.0 Å². The molecule has 0 bridgehead atoms. The van der Waals surface area contributed by atoms with Gasteiger partial charge < -0.3 is 15.3 Å². The van der Waals surface area contributed by atoms with Gasteiger partial charge in [0.2, 0.25) is 0 Å². The summed E-state index contributed by atoms with van der Waals surface area (Å²) in [6, 6.07) is 1.15. The molecule has 0 heterocycles. The van der Waals surface area contributed by atoms with Gasteiger partial charge in [-0.3, -0.25) is 4.79 Å². The molecule has 2 fully saturated rings. The van der Waals surface area contributed by atoms with Gasteiger partial charge in [-0.05, 0) is 51.4 Å². The van der Waals surface area contributed by atoms with Crippen LogP contribution >= 0.6 is 23.5 Å². The number of nitrogens with zero attached hydrogens (tertiary/aromatic N) is 1. The summed E-state index contributed by atoms with van der Waals surface area (Å²) < 4.78 is 0.948. The minimum absolute atomic E-state index is 0.0648. The van der Waals surface area contributed by atoms with Crippen LogP contribution in [0.5, 0.6) is 0 Å². The van der Waals surface area contributed by atoms with Crippen LogP contribution in [0.15, 0.2) is 34.3 Å². The van der Waals surface area contributed by atoms with Crippen molar-refractivity contribution in [2.45, 2.75) is 83.7 Å². The first-order chi connectivity index (χ1) is 13.4. The quantitative estimate of drug-likeness (QED) is 0.439. The van der Waals surface area contributed by atoms with Gasteiger partial charge in [0.25, 0.3) is 0 Å². The Morgan fingerprint density at radius 3 is 2.29 bits per heavy atom. The second-order valence-electron chi connectivity index (χ2n) is 8.00. The van der Waals surface area contributed by atoms with E-state index in [9.17, 15) is 4.79 Å². The van der Waals surface area contributed by atoms with Crippen LogP contribution in [-0.2, 0) is 4.79 Å². The number of carboxylic acids is 1. The van der Waals surface area contributed by atoms with Crippen LogP contribution < -0.4 is 5.32 Å². The van der Waals surface area contributed by atoms with Crippen molar-refractivity contribution in [3.63, 3.8) is 0 Å². The molecule has 0 aromatic heterocycles. The van der Waals surface area contributed by atoms with E-state index < -0.39 is 5.97 Å². The zero-order valence-corrected chi connectivity index (χ0v) is 19.0. The lowest BCUT2D eigenvalue weighted by molar-refractivity contribution is -0.133. The Morgan fingerprint density at radius 2 is 1.71 bits per heavy atom. The van der Waals surface area contributed by atoms with Gasteiger partial charge in [-0.15, -0.1) is 11.8 Å². The van der Waals surface area contributed by atoms with Crippen LogP contribution in [0.4, 0.5) is 0 Å². The van der Waals surface area contributed by atoms with E-state index >= 15 is 0 Å². The van der Waals surface area contributed by atoms with Crippen molar-refractivity contribution in [1.29, 1.82) is 0 Å². The van der Waals surface area contributed by atoms with Crippen LogP contribution in [0.25, 0.3) is 0 Å². The fraction of sp³-hybridized carbons (Fsp3) is 0.682. The van der Waals surface area contributed by atoms with E-state index in [4.69, 9.17) is 5.11 Å². The zero-order chi connectivity index (χ0) is 20.5. The van der Waals surface area contributed by atoms with E-state index in [-0.39, 0.29) is 5.75 Å². The number of nitrogens with one attached hydrogen (secondary N) is 1. The van der Waals surface area contributed by atoms with E-state index in [1.54, 1.807) is 0 Å². The lowest BCUT2D eigenvalue weighted by Gasteiger charge is -2.45. The number of allylic oxidation sites excluding steroid dienone is 1. The largest absolute Gasteiger partial charge is 0.481 e.